The molecule has 10 heteroatoms. The summed E-state index contributed by atoms with van der Waals surface area (Å²) in [6.07, 6.45) is 3.36. The van der Waals surface area contributed by atoms with Crippen LogP contribution in [0.15, 0.2) is 29.7 Å². The molecular weight excluding hydrogens is 522 g/mol. The number of carbonyl (C=O) groups is 2. The number of benzene rings is 1. The highest BCUT2D eigenvalue weighted by molar-refractivity contribution is 7.92. The van der Waals surface area contributed by atoms with Crippen LogP contribution >= 0.6 is 0 Å². The highest BCUT2D eigenvalue weighted by Crippen LogP contribution is 2.69. The third-order valence-electron chi connectivity index (χ3n) is 11.4. The van der Waals surface area contributed by atoms with Crippen LogP contribution in [0.25, 0.3) is 0 Å². The SMILES string of the molecule is C=C[C@]1(C)C[C@@H](C(C(=O)O)[S+]([O-])c2ccc3c(c2F)B(O)OC3)[C@]2(C)[C@H](C)CC[C@]3(CCC(=O)[C@H]32)[C@@H](C)[C@@H]1O. The van der Waals surface area contributed by atoms with E-state index in [0.29, 0.717) is 18.4 Å². The summed E-state index contributed by atoms with van der Waals surface area (Å²) in [7, 11) is -1.52. The Balaban J connectivity index is 1.71. The average Bonchev–Trinajstić information content (AvgIpc) is 3.45. The zero-order chi connectivity index (χ0) is 28.7. The maximum Gasteiger partial charge on any atom is 0.494 e. The molecule has 3 fully saturated rings. The number of halogens is 1. The molecule has 5 rings (SSSR count). The average molecular weight is 560 g/mol. The van der Waals surface area contributed by atoms with Gasteiger partial charge in [-0.2, -0.15) is 0 Å². The Kier molecular flexibility index (Phi) is 7.15. The van der Waals surface area contributed by atoms with Crippen LogP contribution in [0, 0.1) is 45.7 Å². The first-order valence-electron chi connectivity index (χ1n) is 13.8. The molecule has 1 aliphatic heterocycles. The van der Waals surface area contributed by atoms with E-state index in [4.69, 9.17) is 4.65 Å². The molecule has 1 aromatic rings. The van der Waals surface area contributed by atoms with Gasteiger partial charge in [-0.1, -0.05) is 39.8 Å². The van der Waals surface area contributed by atoms with Gasteiger partial charge in [-0.15, -0.1) is 6.58 Å². The Morgan fingerprint density at radius 1 is 1.33 bits per heavy atom. The Bertz CT molecular complexity index is 1210. The summed E-state index contributed by atoms with van der Waals surface area (Å²) in [5.41, 5.74) is -2.00. The van der Waals surface area contributed by atoms with E-state index in [9.17, 15) is 29.4 Å². The maximum absolute atomic E-state index is 15.7. The maximum atomic E-state index is 15.7. The Hall–Kier alpha value is -1.72. The predicted molar refractivity (Wildman–Crippen MR) is 145 cm³/mol. The second-order valence-corrected chi connectivity index (χ2v) is 14.4. The van der Waals surface area contributed by atoms with Gasteiger partial charge in [-0.05, 0) is 60.0 Å². The van der Waals surface area contributed by atoms with Gasteiger partial charge in [0.25, 0.3) is 0 Å². The van der Waals surface area contributed by atoms with Crippen LogP contribution in [0.5, 0.6) is 0 Å². The number of aliphatic hydroxyl groups is 1. The smallest absolute Gasteiger partial charge is 0.494 e. The van der Waals surface area contributed by atoms with Gasteiger partial charge in [0.1, 0.15) is 5.78 Å². The predicted octanol–water partition coefficient (Wildman–Crippen LogP) is 3.22. The first-order valence-corrected chi connectivity index (χ1v) is 15.0. The third-order valence-corrected chi connectivity index (χ3v) is 13.1. The fourth-order valence-electron chi connectivity index (χ4n) is 8.88. The first kappa shape index (κ1) is 28.8. The minimum absolute atomic E-state index is 0.000537. The van der Waals surface area contributed by atoms with Crippen LogP contribution in [-0.2, 0) is 32.0 Å². The largest absolute Gasteiger partial charge is 0.611 e. The number of fused-ring (bicyclic) bond motifs is 1. The quantitative estimate of drug-likeness (QED) is 0.287. The molecule has 0 spiro atoms. The minimum atomic E-state index is -2.38. The van der Waals surface area contributed by atoms with Crippen LogP contribution in [0.3, 0.4) is 0 Å². The third kappa shape index (κ3) is 3.92. The molecule has 3 aliphatic carbocycles. The number of aliphatic hydroxyl groups excluding tert-OH is 1. The van der Waals surface area contributed by atoms with Gasteiger partial charge in [-0.3, -0.25) is 4.79 Å². The van der Waals surface area contributed by atoms with Crippen molar-refractivity contribution < 1.29 is 38.4 Å². The number of carbonyl (C=O) groups excluding carboxylic acids is 1. The molecule has 7 nitrogen and oxygen atoms in total. The van der Waals surface area contributed by atoms with Crippen molar-refractivity contribution >= 4 is 35.5 Å². The summed E-state index contributed by atoms with van der Waals surface area (Å²) in [5, 5.41) is 31.0. The molecular formula is C29H38BFO7S. The standard InChI is InChI=1S/C29H38BFO7S/c1-6-27(4)13-18(23(26(34)35)39(37)20-8-7-17-14-38-30(36)21(17)22(20)31)28(5)15(2)9-11-29(16(3)25(27)33)12-10-19(32)24(28)29/h6-8,15-16,18,23-25,33,36H,1,9-14H2,2-5H3,(H,34,35)/t15-,16+,18+,23?,24+,25+,27-,28+,29+,39?/m1/s1. The summed E-state index contributed by atoms with van der Waals surface area (Å²) >= 11 is -2.38. The molecule has 10 atom stereocenters. The van der Waals surface area contributed by atoms with Gasteiger partial charge >= 0.3 is 13.1 Å². The van der Waals surface area contributed by atoms with Crippen LogP contribution < -0.4 is 5.46 Å². The van der Waals surface area contributed by atoms with E-state index in [2.05, 4.69) is 6.58 Å². The Labute approximate surface area is 232 Å². The van der Waals surface area contributed by atoms with Crippen molar-refractivity contribution in [1.82, 2.24) is 0 Å². The van der Waals surface area contributed by atoms with E-state index in [1.54, 1.807) is 6.08 Å². The number of aliphatic carboxylic acids is 1. The molecule has 2 bridgehead atoms. The molecule has 4 aliphatic rings. The number of ketones is 1. The van der Waals surface area contributed by atoms with Crippen LogP contribution in [0.4, 0.5) is 4.39 Å². The summed E-state index contributed by atoms with van der Waals surface area (Å²) in [5.74, 6) is -3.85. The molecule has 3 saturated carbocycles. The monoisotopic (exact) mass is 560 g/mol. The van der Waals surface area contributed by atoms with Crippen molar-refractivity contribution in [2.45, 2.75) is 82.7 Å². The van der Waals surface area contributed by atoms with Gasteiger partial charge in [0.15, 0.2) is 10.7 Å². The molecule has 0 saturated heterocycles. The second kappa shape index (κ2) is 9.69. The Morgan fingerprint density at radius 2 is 2.03 bits per heavy atom. The van der Waals surface area contributed by atoms with Gasteiger partial charge in [0, 0.05) is 40.3 Å². The number of hydrogen-bond donors (Lipinski definition) is 3. The van der Waals surface area contributed by atoms with Gasteiger partial charge in [0.2, 0.25) is 5.25 Å². The van der Waals surface area contributed by atoms with E-state index < -0.39 is 69.5 Å². The minimum Gasteiger partial charge on any atom is -0.611 e. The molecule has 0 amide bonds. The fourth-order valence-corrected chi connectivity index (χ4v) is 10.5. The summed E-state index contributed by atoms with van der Waals surface area (Å²) in [6.45, 7) is 11.8. The molecule has 3 N–H and O–H groups in total. The molecule has 39 heavy (non-hydrogen) atoms. The first-order chi connectivity index (χ1) is 18.2. The number of hydrogen-bond acceptors (Lipinski definition) is 6. The molecule has 2 unspecified atom stereocenters. The highest BCUT2D eigenvalue weighted by Gasteiger charge is 2.70. The van der Waals surface area contributed by atoms with E-state index >= 15 is 4.39 Å². The van der Waals surface area contributed by atoms with E-state index in [1.165, 1.54) is 12.1 Å². The second-order valence-electron chi connectivity index (χ2n) is 12.9. The fraction of sp³-hybridized carbons (Fsp3) is 0.655. The van der Waals surface area contributed by atoms with Gasteiger partial charge in [0.05, 0.1) is 12.7 Å². The van der Waals surface area contributed by atoms with E-state index in [-0.39, 0.29) is 41.0 Å². The van der Waals surface area contributed by atoms with Gasteiger partial charge < -0.3 is 24.4 Å². The molecule has 1 aromatic carbocycles. The van der Waals surface area contributed by atoms with E-state index in [1.807, 2.05) is 27.7 Å². The summed E-state index contributed by atoms with van der Waals surface area (Å²) < 4.78 is 35.1. The van der Waals surface area contributed by atoms with Crippen molar-refractivity contribution in [2.24, 2.45) is 39.9 Å². The van der Waals surface area contributed by atoms with Crippen LogP contribution in [0.1, 0.15) is 65.4 Å². The van der Waals surface area contributed by atoms with Gasteiger partial charge in [-0.25, -0.2) is 9.18 Å². The summed E-state index contributed by atoms with van der Waals surface area (Å²) in [6, 6.07) is 2.82. The highest BCUT2D eigenvalue weighted by atomic mass is 32.2. The molecule has 1 heterocycles. The topological polar surface area (TPSA) is 127 Å². The molecule has 0 aromatic heterocycles. The van der Waals surface area contributed by atoms with Crippen molar-refractivity contribution in [3.63, 3.8) is 0 Å². The lowest BCUT2D eigenvalue weighted by Gasteiger charge is -2.62. The Morgan fingerprint density at radius 3 is 2.67 bits per heavy atom. The lowest BCUT2D eigenvalue weighted by Crippen LogP contribution is -2.63. The van der Waals surface area contributed by atoms with Crippen LogP contribution in [-0.4, -0.2) is 50.0 Å². The van der Waals surface area contributed by atoms with Crippen LogP contribution in [0.2, 0.25) is 0 Å². The lowest BCUT2D eigenvalue weighted by molar-refractivity contribution is -0.179. The van der Waals surface area contributed by atoms with Crippen molar-refractivity contribution in [3.8, 4) is 0 Å². The van der Waals surface area contributed by atoms with E-state index in [0.717, 1.165) is 12.8 Å². The molecule has 0 radical (unpaired) electrons. The zero-order valence-electron chi connectivity index (χ0n) is 23.0. The number of Topliss-reactive ketones (excluding diaryl/α,β-unsaturated/α-hetero) is 1. The summed E-state index contributed by atoms with van der Waals surface area (Å²) in [4.78, 5) is 26.5. The van der Waals surface area contributed by atoms with Crippen molar-refractivity contribution in [3.05, 3.63) is 36.2 Å². The number of carboxylic acids is 1. The number of carboxylic acid groups (broad SMARTS) is 1. The zero-order valence-corrected chi connectivity index (χ0v) is 23.8. The normalized spacial score (nSPS) is 41.3. The van der Waals surface area contributed by atoms with Crippen molar-refractivity contribution in [1.29, 1.82) is 0 Å². The van der Waals surface area contributed by atoms with Crippen molar-refractivity contribution in [2.75, 3.05) is 0 Å². The lowest BCUT2D eigenvalue weighted by atomic mass is 9.41. The number of rotatable bonds is 5. The molecule has 212 valence electrons.